The third-order valence-electron chi connectivity index (χ3n) is 4.47. The summed E-state index contributed by atoms with van der Waals surface area (Å²) in [6.07, 6.45) is 0.986. The summed E-state index contributed by atoms with van der Waals surface area (Å²) in [5.41, 5.74) is -0.142. The Morgan fingerprint density at radius 2 is 1.71 bits per heavy atom. The maximum Gasteiger partial charge on any atom is 0.326 e. The van der Waals surface area contributed by atoms with Crippen LogP contribution in [0.3, 0.4) is 0 Å². The van der Waals surface area contributed by atoms with E-state index in [2.05, 4.69) is 30.2 Å². The van der Waals surface area contributed by atoms with Crippen LogP contribution in [0.2, 0.25) is 0 Å². The first-order valence-electron chi connectivity index (χ1n) is 9.63. The van der Waals surface area contributed by atoms with Gasteiger partial charge in [0.25, 0.3) is 0 Å². The van der Waals surface area contributed by atoms with Crippen molar-refractivity contribution >= 4 is 26.9 Å². The lowest BCUT2D eigenvalue weighted by Gasteiger charge is -2.11. The van der Waals surface area contributed by atoms with Gasteiger partial charge in [0.2, 0.25) is 10.0 Å². The molecule has 0 bridgehead atoms. The van der Waals surface area contributed by atoms with Crippen molar-refractivity contribution in [1.29, 1.82) is 0 Å². The lowest BCUT2D eigenvalue weighted by Crippen LogP contribution is -2.27. The number of nitrogens with zero attached hydrogens (tertiary/aromatic N) is 3. The van der Waals surface area contributed by atoms with Crippen LogP contribution in [-0.4, -0.2) is 47.9 Å². The Balaban J connectivity index is 1.76. The monoisotopic (exact) mass is 496 g/mol. The zero-order valence-electron chi connectivity index (χ0n) is 17.4. The number of nitrogens with one attached hydrogen (secondary N) is 3. The summed E-state index contributed by atoms with van der Waals surface area (Å²) in [7, 11) is -3.46. The Morgan fingerprint density at radius 3 is 2.44 bits per heavy atom. The molecule has 0 saturated heterocycles. The Morgan fingerprint density at radius 1 is 0.971 bits per heavy atom. The molecule has 2 heterocycles. The van der Waals surface area contributed by atoms with Gasteiger partial charge in [0.05, 0.1) is 17.3 Å². The minimum atomic E-state index is -3.46. The van der Waals surface area contributed by atoms with Crippen molar-refractivity contribution in [2.24, 2.45) is 0 Å². The average Bonchev–Trinajstić information content (AvgIpc) is 3.18. The fourth-order valence-electron chi connectivity index (χ4n) is 3.04. The van der Waals surface area contributed by atoms with Crippen molar-refractivity contribution in [3.63, 3.8) is 0 Å². The van der Waals surface area contributed by atoms with Crippen molar-refractivity contribution in [3.05, 3.63) is 59.7 Å². The van der Waals surface area contributed by atoms with Gasteiger partial charge in [0, 0.05) is 24.7 Å². The van der Waals surface area contributed by atoms with Gasteiger partial charge in [-0.1, -0.05) is 0 Å². The fourth-order valence-corrected chi connectivity index (χ4v) is 3.51. The largest absolute Gasteiger partial charge is 0.421 e. The standard InChI is InChI=1S/C20H16F4N6O3S/c1-34(31,32)26-7-6-25-18-16-17(12-8-10(21)2-4-13(12)23)29-30-19(16)28-20(27-18)33-15-5-3-11(22)9-14(15)24/h2-5,8-9,26H,6-7H2,1H3,(H2,25,27,28,29,30). The maximum atomic E-state index is 14.4. The zero-order chi connectivity index (χ0) is 24.5. The maximum absolute atomic E-state index is 14.4. The van der Waals surface area contributed by atoms with Crippen molar-refractivity contribution < 1.29 is 30.7 Å². The van der Waals surface area contributed by atoms with Gasteiger partial charge in [0.1, 0.15) is 23.3 Å². The molecule has 0 unspecified atom stereocenters. The third-order valence-corrected chi connectivity index (χ3v) is 5.20. The summed E-state index contributed by atoms with van der Waals surface area (Å²) in [4.78, 5) is 8.20. The van der Waals surface area contributed by atoms with E-state index in [0.717, 1.165) is 36.6 Å². The molecule has 14 heteroatoms. The van der Waals surface area contributed by atoms with Crippen molar-refractivity contribution in [2.45, 2.75) is 0 Å². The molecule has 4 rings (SSSR count). The van der Waals surface area contributed by atoms with Gasteiger partial charge in [0.15, 0.2) is 17.2 Å². The summed E-state index contributed by atoms with van der Waals surface area (Å²) in [6.45, 7) is -0.00555. The normalized spacial score (nSPS) is 11.7. The summed E-state index contributed by atoms with van der Waals surface area (Å²) in [5, 5.41) is 9.56. The first-order valence-corrected chi connectivity index (χ1v) is 11.5. The lowest BCUT2D eigenvalue weighted by atomic mass is 10.1. The van der Waals surface area contributed by atoms with E-state index in [4.69, 9.17) is 4.74 Å². The number of rotatable bonds is 8. The second-order valence-corrected chi connectivity index (χ2v) is 8.88. The molecular formula is C20H16F4N6O3S. The van der Waals surface area contributed by atoms with E-state index < -0.39 is 33.3 Å². The van der Waals surface area contributed by atoms with E-state index in [1.54, 1.807) is 0 Å². The molecule has 0 atom stereocenters. The van der Waals surface area contributed by atoms with E-state index in [-0.39, 0.29) is 53.0 Å². The number of H-pyrrole nitrogens is 1. The smallest absolute Gasteiger partial charge is 0.326 e. The third kappa shape index (κ3) is 5.23. The average molecular weight is 496 g/mol. The molecule has 4 aromatic rings. The van der Waals surface area contributed by atoms with E-state index in [1.807, 2.05) is 0 Å². The van der Waals surface area contributed by atoms with Crippen LogP contribution >= 0.6 is 0 Å². The van der Waals surface area contributed by atoms with E-state index in [1.165, 1.54) is 0 Å². The number of anilines is 1. The zero-order valence-corrected chi connectivity index (χ0v) is 18.2. The van der Waals surface area contributed by atoms with Crippen LogP contribution < -0.4 is 14.8 Å². The highest BCUT2D eigenvalue weighted by molar-refractivity contribution is 7.88. The highest BCUT2D eigenvalue weighted by Crippen LogP contribution is 2.34. The van der Waals surface area contributed by atoms with Gasteiger partial charge in [-0.15, -0.1) is 0 Å². The summed E-state index contributed by atoms with van der Waals surface area (Å²) >= 11 is 0. The number of aromatic amines is 1. The number of ether oxygens (including phenoxy) is 1. The fraction of sp³-hybridized carbons (Fsp3) is 0.150. The van der Waals surface area contributed by atoms with Crippen LogP contribution in [0.5, 0.6) is 11.8 Å². The number of sulfonamides is 1. The van der Waals surface area contributed by atoms with Crippen LogP contribution in [0.25, 0.3) is 22.3 Å². The topological polar surface area (TPSA) is 122 Å². The number of halogens is 4. The molecule has 34 heavy (non-hydrogen) atoms. The molecule has 0 aliphatic carbocycles. The number of fused-ring (bicyclic) bond motifs is 1. The van der Waals surface area contributed by atoms with Gasteiger partial charge in [-0.2, -0.15) is 15.1 Å². The van der Waals surface area contributed by atoms with Gasteiger partial charge in [-0.05, 0) is 30.3 Å². The minimum Gasteiger partial charge on any atom is -0.421 e. The van der Waals surface area contributed by atoms with Crippen molar-refractivity contribution in [1.82, 2.24) is 24.9 Å². The minimum absolute atomic E-state index is 0.0187. The molecule has 0 amide bonds. The molecule has 2 aromatic heterocycles. The number of benzene rings is 2. The molecule has 0 aliphatic heterocycles. The van der Waals surface area contributed by atoms with E-state index in [0.29, 0.717) is 6.07 Å². The Labute approximate surface area is 190 Å². The van der Waals surface area contributed by atoms with Crippen molar-refractivity contribution in [3.8, 4) is 23.0 Å². The molecular weight excluding hydrogens is 480 g/mol. The van der Waals surface area contributed by atoms with Gasteiger partial charge in [-0.25, -0.2) is 30.7 Å². The number of aromatic nitrogens is 4. The first kappa shape index (κ1) is 23.4. The molecule has 9 nitrogen and oxygen atoms in total. The molecule has 2 aromatic carbocycles. The number of hydrogen-bond donors (Lipinski definition) is 3. The summed E-state index contributed by atoms with van der Waals surface area (Å²) in [5.74, 6) is -3.59. The quantitative estimate of drug-likeness (QED) is 0.253. The Kier molecular flexibility index (Phi) is 6.34. The lowest BCUT2D eigenvalue weighted by molar-refractivity contribution is 0.410. The van der Waals surface area contributed by atoms with Gasteiger partial charge >= 0.3 is 6.01 Å². The predicted molar refractivity (Wildman–Crippen MR) is 115 cm³/mol. The Bertz CT molecular complexity index is 1480. The van der Waals surface area contributed by atoms with Gasteiger partial charge in [-0.3, -0.25) is 5.10 Å². The van der Waals surface area contributed by atoms with Crippen LogP contribution in [0.1, 0.15) is 0 Å². The Hall–Kier alpha value is -3.78. The highest BCUT2D eigenvalue weighted by atomic mass is 32.2. The molecule has 0 radical (unpaired) electrons. The molecule has 178 valence electrons. The van der Waals surface area contributed by atoms with Crippen molar-refractivity contribution in [2.75, 3.05) is 24.7 Å². The SMILES string of the molecule is CS(=O)(=O)NCCNc1nc(Oc2ccc(F)cc2F)nc2n[nH]c(-c3cc(F)ccc3F)c12. The molecule has 0 fully saturated rings. The van der Waals surface area contributed by atoms with Crippen LogP contribution in [0, 0.1) is 23.3 Å². The van der Waals surface area contributed by atoms with Gasteiger partial charge < -0.3 is 10.1 Å². The summed E-state index contributed by atoms with van der Waals surface area (Å²) < 4.78 is 85.6. The van der Waals surface area contributed by atoms with Crippen LogP contribution in [0.15, 0.2) is 36.4 Å². The van der Waals surface area contributed by atoms with Crippen LogP contribution in [-0.2, 0) is 10.0 Å². The van der Waals surface area contributed by atoms with E-state index in [9.17, 15) is 26.0 Å². The second kappa shape index (κ2) is 9.23. The van der Waals surface area contributed by atoms with Crippen LogP contribution in [0.4, 0.5) is 23.4 Å². The number of hydrogen-bond acceptors (Lipinski definition) is 7. The van der Waals surface area contributed by atoms with E-state index >= 15 is 0 Å². The highest BCUT2D eigenvalue weighted by Gasteiger charge is 2.20. The molecule has 0 aliphatic rings. The molecule has 0 spiro atoms. The molecule has 3 N–H and O–H groups in total. The molecule has 0 saturated carbocycles. The second-order valence-electron chi connectivity index (χ2n) is 7.05. The predicted octanol–water partition coefficient (Wildman–Crippen LogP) is 3.33. The summed E-state index contributed by atoms with van der Waals surface area (Å²) in [6, 6.07) is 5.10. The first-order chi connectivity index (χ1) is 16.1.